The number of nitrogens with two attached hydrogens (primary N) is 1. The first-order chi connectivity index (χ1) is 6.58. The molecule has 2 rings (SSSR count). The van der Waals surface area contributed by atoms with Gasteiger partial charge in [-0.1, -0.05) is 6.92 Å². The fourth-order valence-electron chi connectivity index (χ4n) is 2.25. The number of hydrogen-bond donors (Lipinski definition) is 2. The van der Waals surface area contributed by atoms with Gasteiger partial charge in [-0.05, 0) is 37.3 Å². The largest absolute Gasteiger partial charge is 0.463 e. The van der Waals surface area contributed by atoms with Crippen LogP contribution in [0.4, 0.5) is 0 Å². The summed E-state index contributed by atoms with van der Waals surface area (Å²) in [6, 6.07) is 2.00. The van der Waals surface area contributed by atoms with Crippen molar-refractivity contribution in [2.24, 2.45) is 11.7 Å². The lowest BCUT2D eigenvalue weighted by atomic mass is 9.76. The van der Waals surface area contributed by atoms with Crippen molar-refractivity contribution in [2.75, 3.05) is 6.54 Å². The second kappa shape index (κ2) is 3.11. The molecule has 0 radical (unpaired) electrons. The molecule has 3 heteroatoms. The first-order valence-corrected chi connectivity index (χ1v) is 5.10. The zero-order valence-electron chi connectivity index (χ0n) is 8.71. The molecule has 1 aliphatic rings. The molecule has 2 unspecified atom stereocenters. The Morgan fingerprint density at radius 3 is 3.07 bits per heavy atom. The van der Waals surface area contributed by atoms with Crippen LogP contribution in [0, 0.1) is 12.8 Å². The van der Waals surface area contributed by atoms with Crippen LogP contribution in [0.15, 0.2) is 10.5 Å². The van der Waals surface area contributed by atoms with E-state index in [0.29, 0.717) is 5.76 Å². The minimum absolute atomic E-state index is 0.172. The molecule has 1 aromatic heterocycles. The second-order valence-corrected chi connectivity index (χ2v) is 4.28. The van der Waals surface area contributed by atoms with Gasteiger partial charge in [-0.2, -0.15) is 0 Å². The molecule has 1 aromatic rings. The zero-order chi connectivity index (χ0) is 10.3. The van der Waals surface area contributed by atoms with Crippen LogP contribution in [0.2, 0.25) is 0 Å². The second-order valence-electron chi connectivity index (χ2n) is 4.28. The Balaban J connectivity index is 2.51. The quantitative estimate of drug-likeness (QED) is 0.710. The Bertz CT molecular complexity index is 345. The van der Waals surface area contributed by atoms with Gasteiger partial charge in [-0.25, -0.2) is 0 Å². The predicted molar refractivity (Wildman–Crippen MR) is 53.9 cm³/mol. The van der Waals surface area contributed by atoms with Gasteiger partial charge in [-0.3, -0.25) is 0 Å². The molecule has 0 saturated carbocycles. The van der Waals surface area contributed by atoms with Crippen LogP contribution in [0.25, 0.3) is 0 Å². The SMILES string of the molecule is Cc1cc2c(o1)C(O)(CN)C(C)CC2. The molecule has 0 fully saturated rings. The van der Waals surface area contributed by atoms with E-state index < -0.39 is 5.60 Å². The Morgan fingerprint density at radius 1 is 1.71 bits per heavy atom. The van der Waals surface area contributed by atoms with Crippen LogP contribution >= 0.6 is 0 Å². The first-order valence-electron chi connectivity index (χ1n) is 5.10. The fourth-order valence-corrected chi connectivity index (χ4v) is 2.25. The average molecular weight is 195 g/mol. The first kappa shape index (κ1) is 9.74. The highest BCUT2D eigenvalue weighted by atomic mass is 16.4. The molecular weight excluding hydrogens is 178 g/mol. The van der Waals surface area contributed by atoms with Crippen molar-refractivity contribution in [3.8, 4) is 0 Å². The summed E-state index contributed by atoms with van der Waals surface area (Å²) in [4.78, 5) is 0. The van der Waals surface area contributed by atoms with Crippen LogP contribution in [-0.4, -0.2) is 11.7 Å². The fraction of sp³-hybridized carbons (Fsp3) is 0.636. The summed E-state index contributed by atoms with van der Waals surface area (Å²) in [7, 11) is 0. The maximum atomic E-state index is 10.4. The van der Waals surface area contributed by atoms with Crippen molar-refractivity contribution in [3.63, 3.8) is 0 Å². The van der Waals surface area contributed by atoms with Gasteiger partial charge in [0.15, 0.2) is 0 Å². The van der Waals surface area contributed by atoms with E-state index in [0.717, 1.165) is 24.2 Å². The number of furan rings is 1. The summed E-state index contributed by atoms with van der Waals surface area (Å²) in [6.07, 6.45) is 1.95. The van der Waals surface area contributed by atoms with Gasteiger partial charge in [-0.15, -0.1) is 0 Å². The number of rotatable bonds is 1. The number of fused-ring (bicyclic) bond motifs is 1. The van der Waals surface area contributed by atoms with Gasteiger partial charge in [0.2, 0.25) is 0 Å². The van der Waals surface area contributed by atoms with E-state index in [-0.39, 0.29) is 12.5 Å². The molecule has 3 nitrogen and oxygen atoms in total. The van der Waals surface area contributed by atoms with Crippen molar-refractivity contribution in [3.05, 3.63) is 23.2 Å². The Morgan fingerprint density at radius 2 is 2.43 bits per heavy atom. The molecule has 0 amide bonds. The van der Waals surface area contributed by atoms with Crippen LogP contribution < -0.4 is 5.73 Å². The minimum Gasteiger partial charge on any atom is -0.463 e. The molecule has 1 heterocycles. The van der Waals surface area contributed by atoms with Crippen LogP contribution in [-0.2, 0) is 12.0 Å². The van der Waals surface area contributed by atoms with E-state index in [1.807, 2.05) is 19.9 Å². The number of aliphatic hydroxyl groups is 1. The normalized spacial score (nSPS) is 31.6. The van der Waals surface area contributed by atoms with E-state index in [9.17, 15) is 5.11 Å². The standard InChI is InChI=1S/C11H17NO2/c1-7-3-4-9-5-8(2)14-10(9)11(7,13)6-12/h5,7,13H,3-4,6,12H2,1-2H3. The van der Waals surface area contributed by atoms with E-state index in [4.69, 9.17) is 10.2 Å². The molecule has 3 N–H and O–H groups in total. The molecule has 0 saturated heterocycles. The zero-order valence-corrected chi connectivity index (χ0v) is 8.71. The lowest BCUT2D eigenvalue weighted by Gasteiger charge is -2.35. The highest BCUT2D eigenvalue weighted by Gasteiger charge is 2.42. The maximum absolute atomic E-state index is 10.4. The van der Waals surface area contributed by atoms with Crippen molar-refractivity contribution >= 4 is 0 Å². The number of hydrogen-bond acceptors (Lipinski definition) is 3. The van der Waals surface area contributed by atoms with Crippen molar-refractivity contribution < 1.29 is 9.52 Å². The maximum Gasteiger partial charge on any atom is 0.140 e. The summed E-state index contributed by atoms with van der Waals surface area (Å²) in [5.74, 6) is 1.72. The molecule has 0 aliphatic heterocycles. The summed E-state index contributed by atoms with van der Waals surface area (Å²) in [6.45, 7) is 4.15. The molecule has 0 bridgehead atoms. The summed E-state index contributed by atoms with van der Waals surface area (Å²) < 4.78 is 5.55. The van der Waals surface area contributed by atoms with Crippen molar-refractivity contribution in [2.45, 2.75) is 32.3 Å². The van der Waals surface area contributed by atoms with E-state index in [2.05, 4.69) is 0 Å². The summed E-state index contributed by atoms with van der Waals surface area (Å²) in [5.41, 5.74) is 5.80. The average Bonchev–Trinajstić information content (AvgIpc) is 2.54. The molecular formula is C11H17NO2. The smallest absolute Gasteiger partial charge is 0.140 e. The van der Waals surface area contributed by atoms with Gasteiger partial charge in [0.1, 0.15) is 17.1 Å². The van der Waals surface area contributed by atoms with E-state index >= 15 is 0 Å². The molecule has 2 atom stereocenters. The lowest BCUT2D eigenvalue weighted by molar-refractivity contribution is -0.0386. The predicted octanol–water partition coefficient (Wildman–Crippen LogP) is 1.32. The third-order valence-electron chi connectivity index (χ3n) is 3.30. The van der Waals surface area contributed by atoms with Crippen LogP contribution in [0.1, 0.15) is 30.4 Å². The monoisotopic (exact) mass is 195 g/mol. The summed E-state index contributed by atoms with van der Waals surface area (Å²) in [5, 5.41) is 10.4. The molecule has 78 valence electrons. The third kappa shape index (κ3) is 1.20. The van der Waals surface area contributed by atoms with Gasteiger partial charge in [0.05, 0.1) is 0 Å². The lowest BCUT2D eigenvalue weighted by Crippen LogP contribution is -2.43. The highest BCUT2D eigenvalue weighted by molar-refractivity contribution is 5.30. The number of aryl methyl sites for hydroxylation is 2. The van der Waals surface area contributed by atoms with Gasteiger partial charge in [0.25, 0.3) is 0 Å². The molecule has 0 spiro atoms. The van der Waals surface area contributed by atoms with E-state index in [1.165, 1.54) is 0 Å². The minimum atomic E-state index is -0.957. The molecule has 14 heavy (non-hydrogen) atoms. The Kier molecular flexibility index (Phi) is 2.16. The Hall–Kier alpha value is -0.800. The van der Waals surface area contributed by atoms with Crippen molar-refractivity contribution in [1.82, 2.24) is 0 Å². The van der Waals surface area contributed by atoms with Gasteiger partial charge >= 0.3 is 0 Å². The summed E-state index contributed by atoms with van der Waals surface area (Å²) >= 11 is 0. The van der Waals surface area contributed by atoms with Crippen LogP contribution in [0.5, 0.6) is 0 Å². The molecule has 1 aliphatic carbocycles. The third-order valence-corrected chi connectivity index (χ3v) is 3.30. The van der Waals surface area contributed by atoms with Gasteiger partial charge in [0, 0.05) is 6.54 Å². The highest BCUT2D eigenvalue weighted by Crippen LogP contribution is 2.40. The van der Waals surface area contributed by atoms with Crippen molar-refractivity contribution in [1.29, 1.82) is 0 Å². The van der Waals surface area contributed by atoms with Gasteiger partial charge < -0.3 is 15.3 Å². The van der Waals surface area contributed by atoms with Crippen LogP contribution in [0.3, 0.4) is 0 Å². The Labute approximate surface area is 83.9 Å². The topological polar surface area (TPSA) is 59.4 Å². The molecule has 0 aromatic carbocycles. The van der Waals surface area contributed by atoms with E-state index in [1.54, 1.807) is 0 Å².